The highest BCUT2D eigenvalue weighted by Gasteiger charge is 2.26. The van der Waals surface area contributed by atoms with Gasteiger partial charge in [0, 0.05) is 23.9 Å². The number of fused-ring (bicyclic) bond motifs is 4. The number of carboxylic acids is 2. The van der Waals surface area contributed by atoms with Crippen LogP contribution >= 0.6 is 0 Å². The maximum atomic E-state index is 12.4. The average molecular weight is 389 g/mol. The minimum Gasteiger partial charge on any atom is -0.478 e. The molecule has 5 rings (SSSR count). The van der Waals surface area contributed by atoms with Crippen LogP contribution in [0.1, 0.15) is 39.3 Å². The highest BCUT2D eigenvalue weighted by molar-refractivity contribution is 6.22. The van der Waals surface area contributed by atoms with Gasteiger partial charge in [-0.1, -0.05) is 24.3 Å². The molecular formula is C22H19N3O4. The maximum absolute atomic E-state index is 12.4. The molecule has 146 valence electrons. The van der Waals surface area contributed by atoms with Crippen LogP contribution < -0.4 is 4.90 Å². The lowest BCUT2D eigenvalue weighted by molar-refractivity contribution is 0.0687. The molecule has 0 unspecified atom stereocenters. The van der Waals surface area contributed by atoms with Crippen molar-refractivity contribution in [3.63, 3.8) is 0 Å². The predicted molar refractivity (Wildman–Crippen MR) is 110 cm³/mol. The van der Waals surface area contributed by atoms with Gasteiger partial charge in [0.05, 0.1) is 22.3 Å². The zero-order chi connectivity index (χ0) is 20.3. The van der Waals surface area contributed by atoms with E-state index in [4.69, 9.17) is 5.10 Å². The molecule has 3 heterocycles. The summed E-state index contributed by atoms with van der Waals surface area (Å²) in [5.41, 5.74) is 1.51. The van der Waals surface area contributed by atoms with E-state index in [-0.39, 0.29) is 11.1 Å². The van der Waals surface area contributed by atoms with Gasteiger partial charge in [-0.25, -0.2) is 14.1 Å². The van der Waals surface area contributed by atoms with Crippen LogP contribution in [0.15, 0.2) is 36.4 Å². The summed E-state index contributed by atoms with van der Waals surface area (Å²) in [6, 6.07) is 10.9. The minimum absolute atomic E-state index is 0.169. The number of anilines is 1. The lowest BCUT2D eigenvalue weighted by Crippen LogP contribution is -2.21. The van der Waals surface area contributed by atoms with Gasteiger partial charge in [0.15, 0.2) is 5.82 Å². The zero-order valence-corrected chi connectivity index (χ0v) is 15.8. The zero-order valence-electron chi connectivity index (χ0n) is 15.8. The Morgan fingerprint density at radius 3 is 2.41 bits per heavy atom. The lowest BCUT2D eigenvalue weighted by atomic mass is 9.97. The summed E-state index contributed by atoms with van der Waals surface area (Å²) in [6.45, 7) is 3.32. The van der Waals surface area contributed by atoms with Gasteiger partial charge >= 0.3 is 11.9 Å². The Morgan fingerprint density at radius 1 is 1.00 bits per heavy atom. The molecule has 1 saturated heterocycles. The first kappa shape index (κ1) is 17.5. The highest BCUT2D eigenvalue weighted by Crippen LogP contribution is 2.38. The maximum Gasteiger partial charge on any atom is 0.337 e. The van der Waals surface area contributed by atoms with Gasteiger partial charge < -0.3 is 15.1 Å². The number of aryl methyl sites for hydroxylation is 1. The lowest BCUT2D eigenvalue weighted by Gasteiger charge is -2.21. The second kappa shape index (κ2) is 6.20. The van der Waals surface area contributed by atoms with E-state index in [0.29, 0.717) is 33.2 Å². The van der Waals surface area contributed by atoms with Crippen LogP contribution in [0, 0.1) is 6.92 Å². The third kappa shape index (κ3) is 2.47. The van der Waals surface area contributed by atoms with E-state index in [1.165, 1.54) is 0 Å². The van der Waals surface area contributed by atoms with Gasteiger partial charge in [0.25, 0.3) is 0 Å². The summed E-state index contributed by atoms with van der Waals surface area (Å²) < 4.78 is 1.64. The quantitative estimate of drug-likeness (QED) is 0.515. The molecule has 0 radical (unpaired) electrons. The fourth-order valence-electron chi connectivity index (χ4n) is 4.43. The SMILES string of the molecule is Cc1c(C(=O)O)cc2c3cc4ccccc4c(C(=O)O)c3c(N3CCCC3)nn12. The van der Waals surface area contributed by atoms with E-state index in [1.807, 2.05) is 30.3 Å². The molecule has 7 nitrogen and oxygen atoms in total. The molecule has 1 aliphatic heterocycles. The Kier molecular flexibility index (Phi) is 3.74. The molecular weight excluding hydrogens is 370 g/mol. The summed E-state index contributed by atoms with van der Waals surface area (Å²) in [5.74, 6) is -1.44. The van der Waals surface area contributed by atoms with Crippen molar-refractivity contribution < 1.29 is 19.8 Å². The Labute approximate surface area is 165 Å². The smallest absolute Gasteiger partial charge is 0.337 e. The van der Waals surface area contributed by atoms with E-state index in [2.05, 4.69) is 4.90 Å². The number of hydrogen-bond acceptors (Lipinski definition) is 4. The Balaban J connectivity index is 2.04. The fraction of sp³-hybridized carbons (Fsp3) is 0.227. The Morgan fingerprint density at radius 2 is 1.72 bits per heavy atom. The van der Waals surface area contributed by atoms with Crippen molar-refractivity contribution in [3.05, 3.63) is 53.2 Å². The second-order valence-electron chi connectivity index (χ2n) is 7.46. The molecule has 0 atom stereocenters. The Bertz CT molecular complexity index is 1330. The van der Waals surface area contributed by atoms with Gasteiger partial charge in [0.2, 0.25) is 0 Å². The number of benzene rings is 2. The fourth-order valence-corrected chi connectivity index (χ4v) is 4.43. The van der Waals surface area contributed by atoms with Crippen molar-refractivity contribution >= 4 is 44.8 Å². The van der Waals surface area contributed by atoms with Crippen molar-refractivity contribution in [2.45, 2.75) is 19.8 Å². The molecule has 2 N–H and O–H groups in total. The van der Waals surface area contributed by atoms with E-state index >= 15 is 0 Å². The summed E-state index contributed by atoms with van der Waals surface area (Å²) in [4.78, 5) is 26.2. The van der Waals surface area contributed by atoms with E-state index in [9.17, 15) is 19.8 Å². The average Bonchev–Trinajstić information content (AvgIpc) is 3.34. The van der Waals surface area contributed by atoms with Crippen LogP contribution in [-0.2, 0) is 0 Å². The number of carboxylic acid groups (broad SMARTS) is 2. The van der Waals surface area contributed by atoms with Crippen LogP contribution in [0.25, 0.3) is 27.1 Å². The number of aromatic nitrogens is 2. The van der Waals surface area contributed by atoms with Crippen LogP contribution in [-0.4, -0.2) is 44.9 Å². The number of rotatable bonds is 3. The predicted octanol–water partition coefficient (Wildman–Crippen LogP) is 3.95. The third-order valence-electron chi connectivity index (χ3n) is 5.81. The molecule has 0 aliphatic carbocycles. The molecule has 1 aliphatic rings. The first-order valence-corrected chi connectivity index (χ1v) is 9.56. The Hall–Kier alpha value is -3.61. The van der Waals surface area contributed by atoms with Crippen LogP contribution in [0.2, 0.25) is 0 Å². The third-order valence-corrected chi connectivity index (χ3v) is 5.81. The molecule has 0 spiro atoms. The van der Waals surface area contributed by atoms with Crippen molar-refractivity contribution in [3.8, 4) is 0 Å². The first-order valence-electron chi connectivity index (χ1n) is 9.56. The van der Waals surface area contributed by atoms with Crippen LogP contribution in [0.3, 0.4) is 0 Å². The largest absolute Gasteiger partial charge is 0.478 e. The second-order valence-corrected chi connectivity index (χ2v) is 7.46. The monoisotopic (exact) mass is 389 g/mol. The van der Waals surface area contributed by atoms with Crippen LogP contribution in [0.5, 0.6) is 0 Å². The summed E-state index contributed by atoms with van der Waals surface area (Å²) >= 11 is 0. The molecule has 29 heavy (non-hydrogen) atoms. The molecule has 0 saturated carbocycles. The minimum atomic E-state index is -1.02. The summed E-state index contributed by atoms with van der Waals surface area (Å²) in [5, 5.41) is 27.2. The standard InChI is InChI=1S/C22H19N3O4/c1-12-15(21(26)27)11-17-16-10-13-6-2-3-7-14(13)19(22(28)29)18(16)20(23-25(12)17)24-8-4-5-9-24/h2-3,6-7,10-11H,4-5,8-9H2,1H3,(H,26,27)(H,28,29). The van der Waals surface area contributed by atoms with E-state index in [1.54, 1.807) is 17.5 Å². The number of carbonyl (C=O) groups is 2. The van der Waals surface area contributed by atoms with Gasteiger partial charge in [-0.3, -0.25) is 0 Å². The topological polar surface area (TPSA) is 95.1 Å². The van der Waals surface area contributed by atoms with Crippen molar-refractivity contribution in [2.75, 3.05) is 18.0 Å². The van der Waals surface area contributed by atoms with Crippen molar-refractivity contribution in [1.29, 1.82) is 0 Å². The van der Waals surface area contributed by atoms with Crippen molar-refractivity contribution in [1.82, 2.24) is 9.61 Å². The van der Waals surface area contributed by atoms with E-state index in [0.717, 1.165) is 31.3 Å². The van der Waals surface area contributed by atoms with Gasteiger partial charge in [-0.15, -0.1) is 5.10 Å². The number of nitrogens with zero attached hydrogens (tertiary/aromatic N) is 3. The molecule has 0 amide bonds. The molecule has 2 aromatic carbocycles. The van der Waals surface area contributed by atoms with Gasteiger partial charge in [-0.05, 0) is 42.7 Å². The number of hydrogen-bond donors (Lipinski definition) is 2. The summed E-state index contributed by atoms with van der Waals surface area (Å²) in [7, 11) is 0. The molecule has 4 aromatic rings. The van der Waals surface area contributed by atoms with Gasteiger partial charge in [0.1, 0.15) is 0 Å². The summed E-state index contributed by atoms with van der Waals surface area (Å²) in [6.07, 6.45) is 2.03. The molecule has 7 heteroatoms. The molecule has 1 fully saturated rings. The first-order chi connectivity index (χ1) is 14.0. The van der Waals surface area contributed by atoms with Crippen LogP contribution in [0.4, 0.5) is 5.82 Å². The van der Waals surface area contributed by atoms with E-state index < -0.39 is 11.9 Å². The highest BCUT2D eigenvalue weighted by atomic mass is 16.4. The van der Waals surface area contributed by atoms with Gasteiger partial charge in [-0.2, -0.15) is 0 Å². The normalized spacial score (nSPS) is 14.3. The van der Waals surface area contributed by atoms with Crippen molar-refractivity contribution in [2.24, 2.45) is 0 Å². The number of aromatic carboxylic acids is 2. The molecule has 0 bridgehead atoms. The molecule has 2 aromatic heterocycles.